The van der Waals surface area contributed by atoms with Crippen molar-refractivity contribution in [1.29, 1.82) is 5.26 Å². The number of amidine groups is 1. The van der Waals surface area contributed by atoms with Crippen molar-refractivity contribution < 1.29 is 23.9 Å². The van der Waals surface area contributed by atoms with Gasteiger partial charge in [0.05, 0.1) is 30.0 Å². The molecule has 0 saturated heterocycles. The van der Waals surface area contributed by atoms with E-state index in [2.05, 4.69) is 38.9 Å². The number of halogens is 1. The summed E-state index contributed by atoms with van der Waals surface area (Å²) in [7, 11) is 0. The minimum atomic E-state index is -0.757. The number of nitrogens with zero attached hydrogens (tertiary/aromatic N) is 3. The van der Waals surface area contributed by atoms with Gasteiger partial charge in [0.1, 0.15) is 12.2 Å². The van der Waals surface area contributed by atoms with Crippen LogP contribution in [-0.2, 0) is 21.0 Å². The molecule has 1 aliphatic heterocycles. The molecule has 0 aromatic heterocycles. The molecule has 0 radical (unpaired) electrons. The van der Waals surface area contributed by atoms with E-state index in [1.54, 1.807) is 55.5 Å². The van der Waals surface area contributed by atoms with E-state index >= 15 is 0 Å². The summed E-state index contributed by atoms with van der Waals surface area (Å²) in [5.41, 5.74) is 3.75. The first-order valence-corrected chi connectivity index (χ1v) is 18.8. The average Bonchev–Trinajstić information content (AvgIpc) is 3.19. The van der Waals surface area contributed by atoms with E-state index in [1.165, 1.54) is 11.0 Å². The van der Waals surface area contributed by atoms with Crippen LogP contribution in [0.5, 0.6) is 11.5 Å². The monoisotopic (exact) mass is 800 g/mol. The van der Waals surface area contributed by atoms with Crippen molar-refractivity contribution in [2.75, 3.05) is 12.4 Å². The Morgan fingerprint density at radius 1 is 1.00 bits per heavy atom. The minimum absolute atomic E-state index is 0.0607. The first-order chi connectivity index (χ1) is 26.3. The van der Waals surface area contributed by atoms with Gasteiger partial charge in [0.2, 0.25) is 5.91 Å². The fourth-order valence-corrected chi connectivity index (χ4v) is 6.75. The molecule has 9 nitrogen and oxygen atoms in total. The van der Waals surface area contributed by atoms with Crippen molar-refractivity contribution in [3.05, 3.63) is 172 Å². The highest BCUT2D eigenvalue weighted by molar-refractivity contribution is 9.10. The first kappa shape index (κ1) is 39.3. The molecule has 1 aliphatic rings. The third kappa shape index (κ3) is 9.72. The van der Waals surface area contributed by atoms with Gasteiger partial charge in [0, 0.05) is 15.7 Å². The maximum atomic E-state index is 14.3. The lowest BCUT2D eigenvalue weighted by Gasteiger charge is -2.28. The smallest absolute Gasteiger partial charge is 0.285 e. The quantitative estimate of drug-likeness (QED) is 0.0770. The molecular weight excluding hydrogens is 764 g/mol. The molecule has 54 heavy (non-hydrogen) atoms. The Bertz CT molecular complexity index is 2150. The standard InChI is InChI=1S/C43H37BrN4O5S/c1-4-7-22-34(5-2)48-42(51)35(23-33-24-37(52-6-3)38(25-36(33)44)53-27-32-21-15-14-20-31(32)26-45)41(50)47-43(48)54-28-39(49)46-40(29-16-10-8-11-17-29)30-18-12-9-13-19-30/h4-5,7-25,40H,1,6,27-28H2,2-3H3,(H,46,49)/b22-7-,34-5+,35-23+. The van der Waals surface area contributed by atoms with Gasteiger partial charge in [-0.3, -0.25) is 19.3 Å². The lowest BCUT2D eigenvalue weighted by Crippen LogP contribution is -2.42. The largest absolute Gasteiger partial charge is 0.490 e. The minimum Gasteiger partial charge on any atom is -0.490 e. The number of hydrogen-bond acceptors (Lipinski definition) is 7. The van der Waals surface area contributed by atoms with Crippen LogP contribution in [0.25, 0.3) is 6.08 Å². The zero-order chi connectivity index (χ0) is 38.5. The Kier molecular flexibility index (Phi) is 14.0. The SMILES string of the molecule is C=C/C=C\C(=C/C)N1C(=O)/C(=C/c2cc(OCC)c(OCc3ccccc3C#N)cc2Br)C(=O)N=C1SCC(=O)NC(c1ccccc1)c1ccccc1. The summed E-state index contributed by atoms with van der Waals surface area (Å²) in [6.07, 6.45) is 8.07. The van der Waals surface area contributed by atoms with E-state index in [4.69, 9.17) is 9.47 Å². The molecule has 0 fully saturated rings. The molecule has 4 aromatic carbocycles. The van der Waals surface area contributed by atoms with Crippen LogP contribution in [0, 0.1) is 11.3 Å². The highest BCUT2D eigenvalue weighted by Gasteiger charge is 2.35. The van der Waals surface area contributed by atoms with E-state index in [0.29, 0.717) is 45.0 Å². The van der Waals surface area contributed by atoms with E-state index in [9.17, 15) is 19.6 Å². The summed E-state index contributed by atoms with van der Waals surface area (Å²) >= 11 is 4.55. The van der Waals surface area contributed by atoms with Crippen LogP contribution < -0.4 is 14.8 Å². The van der Waals surface area contributed by atoms with Crippen LogP contribution >= 0.6 is 27.7 Å². The lowest BCUT2D eigenvalue weighted by atomic mass is 9.99. The number of nitrogens with one attached hydrogen (secondary N) is 1. The zero-order valence-electron chi connectivity index (χ0n) is 29.7. The van der Waals surface area contributed by atoms with Gasteiger partial charge in [-0.2, -0.15) is 10.3 Å². The van der Waals surface area contributed by atoms with Crippen molar-refractivity contribution in [2.45, 2.75) is 26.5 Å². The summed E-state index contributed by atoms with van der Waals surface area (Å²) in [4.78, 5) is 47.0. The lowest BCUT2D eigenvalue weighted by molar-refractivity contribution is -0.126. The molecule has 0 bridgehead atoms. The molecule has 0 atom stereocenters. The molecule has 11 heteroatoms. The van der Waals surface area contributed by atoms with Gasteiger partial charge >= 0.3 is 0 Å². The fraction of sp³-hybridized carbons (Fsp3) is 0.140. The Morgan fingerprint density at radius 2 is 1.65 bits per heavy atom. The third-order valence-electron chi connectivity index (χ3n) is 8.10. The Morgan fingerprint density at radius 3 is 2.28 bits per heavy atom. The van der Waals surface area contributed by atoms with Gasteiger partial charge in [0.15, 0.2) is 16.7 Å². The summed E-state index contributed by atoms with van der Waals surface area (Å²) < 4.78 is 12.5. The third-order valence-corrected chi connectivity index (χ3v) is 9.72. The average molecular weight is 802 g/mol. The normalized spacial score (nSPS) is 13.9. The Labute approximate surface area is 327 Å². The second kappa shape index (κ2) is 19.2. The number of hydrogen-bond donors (Lipinski definition) is 1. The van der Waals surface area contributed by atoms with Gasteiger partial charge in [-0.25, -0.2) is 0 Å². The zero-order valence-corrected chi connectivity index (χ0v) is 32.1. The second-order valence-corrected chi connectivity index (χ2v) is 13.4. The number of carbonyl (C=O) groups is 3. The van der Waals surface area contributed by atoms with Crippen molar-refractivity contribution in [3.63, 3.8) is 0 Å². The van der Waals surface area contributed by atoms with Crippen molar-refractivity contribution in [1.82, 2.24) is 10.2 Å². The number of aliphatic imine (C=N–C) groups is 1. The Balaban J connectivity index is 1.43. The van der Waals surface area contributed by atoms with E-state index in [0.717, 1.165) is 22.9 Å². The Hall–Kier alpha value is -5.96. The molecular formula is C43H37BrN4O5S. The van der Waals surface area contributed by atoms with Gasteiger partial charge in [-0.15, -0.1) is 0 Å². The van der Waals surface area contributed by atoms with Crippen molar-refractivity contribution >= 4 is 56.7 Å². The van der Waals surface area contributed by atoms with Crippen molar-refractivity contribution in [3.8, 4) is 17.6 Å². The summed E-state index contributed by atoms with van der Waals surface area (Å²) in [5, 5.41) is 12.6. The van der Waals surface area contributed by atoms with Crippen LogP contribution in [0.15, 0.2) is 149 Å². The molecule has 1 heterocycles. The number of allylic oxidation sites excluding steroid dienone is 4. The highest BCUT2D eigenvalue weighted by Crippen LogP contribution is 2.37. The maximum absolute atomic E-state index is 14.3. The topological polar surface area (TPSA) is 121 Å². The highest BCUT2D eigenvalue weighted by atomic mass is 79.9. The number of amides is 3. The molecule has 272 valence electrons. The number of ether oxygens (including phenoxy) is 2. The van der Waals surface area contributed by atoms with Crippen molar-refractivity contribution in [2.24, 2.45) is 4.99 Å². The van der Waals surface area contributed by atoms with Crippen LogP contribution in [-0.4, -0.2) is 40.1 Å². The van der Waals surface area contributed by atoms with Crippen LogP contribution in [0.3, 0.4) is 0 Å². The van der Waals surface area contributed by atoms with Gasteiger partial charge in [0.25, 0.3) is 11.8 Å². The summed E-state index contributed by atoms with van der Waals surface area (Å²) in [5.74, 6) is -1.01. The van der Waals surface area contributed by atoms with Gasteiger partial charge in [-0.1, -0.05) is 131 Å². The molecule has 4 aromatic rings. The van der Waals surface area contributed by atoms with E-state index in [-0.39, 0.29) is 29.0 Å². The van der Waals surface area contributed by atoms with E-state index in [1.807, 2.05) is 79.7 Å². The molecule has 3 amide bonds. The van der Waals surface area contributed by atoms with Crippen LogP contribution in [0.2, 0.25) is 0 Å². The summed E-state index contributed by atoms with van der Waals surface area (Å²) in [6, 6.07) is 31.5. The molecule has 1 N–H and O–H groups in total. The summed E-state index contributed by atoms with van der Waals surface area (Å²) in [6.45, 7) is 7.77. The van der Waals surface area contributed by atoms with Gasteiger partial charge in [-0.05, 0) is 60.9 Å². The van der Waals surface area contributed by atoms with Crippen LogP contribution in [0.1, 0.15) is 47.7 Å². The predicted octanol–water partition coefficient (Wildman–Crippen LogP) is 8.69. The molecule has 5 rings (SSSR count). The number of nitriles is 1. The number of carbonyl (C=O) groups excluding carboxylic acids is 3. The number of thioether (sulfide) groups is 1. The number of benzene rings is 4. The predicted molar refractivity (Wildman–Crippen MR) is 216 cm³/mol. The molecule has 0 saturated carbocycles. The molecule has 0 spiro atoms. The van der Waals surface area contributed by atoms with Crippen LogP contribution in [0.4, 0.5) is 0 Å². The molecule has 0 aliphatic carbocycles. The fourth-order valence-electron chi connectivity index (χ4n) is 5.50. The maximum Gasteiger partial charge on any atom is 0.285 e. The molecule has 0 unspecified atom stereocenters. The first-order valence-electron chi connectivity index (χ1n) is 17.0. The van der Waals surface area contributed by atoms with Gasteiger partial charge < -0.3 is 14.8 Å². The second-order valence-electron chi connectivity index (χ2n) is 11.6. The number of rotatable bonds is 14. The van der Waals surface area contributed by atoms with E-state index < -0.39 is 17.9 Å².